The van der Waals surface area contributed by atoms with Crippen molar-refractivity contribution in [2.75, 3.05) is 18.0 Å². The summed E-state index contributed by atoms with van der Waals surface area (Å²) in [5.41, 5.74) is 2.36. The van der Waals surface area contributed by atoms with Crippen LogP contribution in [0, 0.1) is 5.92 Å². The van der Waals surface area contributed by atoms with Crippen LogP contribution in [-0.4, -0.2) is 39.8 Å². The Morgan fingerprint density at radius 2 is 1.87 bits per heavy atom. The van der Waals surface area contributed by atoms with Crippen LogP contribution in [0.25, 0.3) is 10.9 Å². The van der Waals surface area contributed by atoms with E-state index in [1.807, 2.05) is 37.3 Å². The van der Waals surface area contributed by atoms with E-state index in [2.05, 4.69) is 16.9 Å². The first-order valence-corrected chi connectivity index (χ1v) is 10.7. The monoisotopic (exact) mass is 418 g/mol. The van der Waals surface area contributed by atoms with Gasteiger partial charge in [-0.3, -0.25) is 14.4 Å². The summed E-state index contributed by atoms with van der Waals surface area (Å²) in [6, 6.07) is 14.9. The molecule has 1 fully saturated rings. The molecule has 3 aromatic rings. The van der Waals surface area contributed by atoms with Crippen molar-refractivity contribution in [3.05, 3.63) is 70.3 Å². The summed E-state index contributed by atoms with van der Waals surface area (Å²) >= 11 is 0. The number of nitrogens with zero attached hydrogens (tertiary/aromatic N) is 3. The molecule has 1 aromatic heterocycles. The molecule has 0 aliphatic carbocycles. The number of amides is 2. The number of aromatic amines is 1. The summed E-state index contributed by atoms with van der Waals surface area (Å²) in [6.07, 6.45) is 1.01. The molecule has 0 spiro atoms. The van der Waals surface area contributed by atoms with Crippen molar-refractivity contribution in [1.29, 1.82) is 0 Å². The van der Waals surface area contributed by atoms with Gasteiger partial charge in [0.1, 0.15) is 5.82 Å². The fourth-order valence-electron chi connectivity index (χ4n) is 4.17. The van der Waals surface area contributed by atoms with Gasteiger partial charge < -0.3 is 14.8 Å². The normalized spacial score (nSPS) is 16.1. The first kappa shape index (κ1) is 20.8. The number of carbonyl (C=O) groups excluding carboxylic acids is 2. The highest BCUT2D eigenvalue weighted by Gasteiger charge is 2.37. The minimum absolute atomic E-state index is 0.0347. The number of hydrogen-bond acceptors (Lipinski definition) is 4. The Balaban J connectivity index is 1.53. The highest BCUT2D eigenvalue weighted by molar-refractivity contribution is 6.00. The third kappa shape index (κ3) is 4.08. The molecule has 160 valence electrons. The predicted molar refractivity (Wildman–Crippen MR) is 120 cm³/mol. The third-order valence-electron chi connectivity index (χ3n) is 5.83. The largest absolute Gasteiger partial charge is 0.335 e. The Labute approximate surface area is 180 Å². The lowest BCUT2D eigenvalue weighted by atomic mass is 10.1. The Morgan fingerprint density at radius 3 is 2.65 bits per heavy atom. The Kier molecular flexibility index (Phi) is 5.84. The lowest BCUT2D eigenvalue weighted by Gasteiger charge is -2.24. The van der Waals surface area contributed by atoms with Gasteiger partial charge in [-0.1, -0.05) is 37.3 Å². The van der Waals surface area contributed by atoms with Crippen molar-refractivity contribution in [2.24, 2.45) is 5.92 Å². The van der Waals surface area contributed by atoms with E-state index in [-0.39, 0.29) is 30.3 Å². The molecule has 1 atom stereocenters. The van der Waals surface area contributed by atoms with Crippen LogP contribution in [0.1, 0.15) is 31.7 Å². The molecule has 0 bridgehead atoms. The number of anilines is 1. The highest BCUT2D eigenvalue weighted by atomic mass is 16.2. The maximum Gasteiger partial charge on any atom is 0.258 e. The zero-order chi connectivity index (χ0) is 22.0. The van der Waals surface area contributed by atoms with E-state index in [9.17, 15) is 14.4 Å². The lowest BCUT2D eigenvalue weighted by molar-refractivity contribution is -0.136. The summed E-state index contributed by atoms with van der Waals surface area (Å²) in [7, 11) is 0. The van der Waals surface area contributed by atoms with Crippen molar-refractivity contribution in [3.8, 4) is 0 Å². The second-order valence-electron chi connectivity index (χ2n) is 7.77. The number of hydrogen-bond donors (Lipinski definition) is 1. The van der Waals surface area contributed by atoms with Crippen molar-refractivity contribution < 1.29 is 9.59 Å². The standard InChI is InChI=1S/C24H26N4O3/c1-3-16-9-5-8-12-20(16)28-14-17(13-22(28)29)24(31)27(4-2)15-21-25-19-11-7-6-10-18(19)23(30)26-21/h5-12,17H,3-4,13-15H2,1-2H3,(H,25,26,30). The van der Waals surface area contributed by atoms with E-state index >= 15 is 0 Å². The average molecular weight is 418 g/mol. The van der Waals surface area contributed by atoms with Crippen LogP contribution >= 0.6 is 0 Å². The number of H-pyrrole nitrogens is 1. The first-order chi connectivity index (χ1) is 15.0. The molecule has 1 unspecified atom stereocenters. The zero-order valence-electron chi connectivity index (χ0n) is 17.8. The van der Waals surface area contributed by atoms with Crippen LogP contribution in [0.15, 0.2) is 53.3 Å². The molecule has 1 N–H and O–H groups in total. The summed E-state index contributed by atoms with van der Waals surface area (Å²) in [4.78, 5) is 49.0. The molecule has 31 heavy (non-hydrogen) atoms. The molecule has 7 heteroatoms. The number of aryl methyl sites for hydroxylation is 1. The number of rotatable bonds is 6. The van der Waals surface area contributed by atoms with Crippen molar-refractivity contribution >= 4 is 28.4 Å². The summed E-state index contributed by atoms with van der Waals surface area (Å²) in [5.74, 6) is -0.100. The van der Waals surface area contributed by atoms with Gasteiger partial charge in [0.25, 0.3) is 5.56 Å². The topological polar surface area (TPSA) is 86.4 Å². The molecule has 1 aliphatic heterocycles. The van der Waals surface area contributed by atoms with Crippen LogP contribution in [0.4, 0.5) is 5.69 Å². The van der Waals surface area contributed by atoms with Crippen LogP contribution in [-0.2, 0) is 22.6 Å². The minimum atomic E-state index is -0.412. The highest BCUT2D eigenvalue weighted by Crippen LogP contribution is 2.29. The maximum atomic E-state index is 13.2. The van der Waals surface area contributed by atoms with E-state index in [1.165, 1.54) is 0 Å². The number of aromatic nitrogens is 2. The zero-order valence-corrected chi connectivity index (χ0v) is 17.8. The number of para-hydroxylation sites is 2. The molecular weight excluding hydrogens is 392 g/mol. The number of fused-ring (bicyclic) bond motifs is 1. The second-order valence-corrected chi connectivity index (χ2v) is 7.77. The molecule has 0 radical (unpaired) electrons. The third-order valence-corrected chi connectivity index (χ3v) is 5.83. The second kappa shape index (κ2) is 8.71. The summed E-state index contributed by atoms with van der Waals surface area (Å²) in [6.45, 7) is 4.97. The van der Waals surface area contributed by atoms with E-state index in [1.54, 1.807) is 28.0 Å². The van der Waals surface area contributed by atoms with Crippen LogP contribution < -0.4 is 10.5 Å². The quantitative estimate of drug-likeness (QED) is 0.667. The van der Waals surface area contributed by atoms with Crippen LogP contribution in [0.3, 0.4) is 0 Å². The van der Waals surface area contributed by atoms with E-state index < -0.39 is 5.92 Å². The van der Waals surface area contributed by atoms with Gasteiger partial charge in [-0.2, -0.15) is 0 Å². The molecule has 1 saturated heterocycles. The van der Waals surface area contributed by atoms with Crippen LogP contribution in [0.2, 0.25) is 0 Å². The molecule has 4 rings (SSSR count). The number of benzene rings is 2. The van der Waals surface area contributed by atoms with Gasteiger partial charge in [0.2, 0.25) is 11.8 Å². The maximum absolute atomic E-state index is 13.2. The van der Waals surface area contributed by atoms with E-state index in [0.717, 1.165) is 17.7 Å². The van der Waals surface area contributed by atoms with Gasteiger partial charge in [-0.05, 0) is 37.1 Å². The van der Waals surface area contributed by atoms with Crippen molar-refractivity contribution in [1.82, 2.24) is 14.9 Å². The first-order valence-electron chi connectivity index (χ1n) is 10.7. The van der Waals surface area contributed by atoms with Gasteiger partial charge in [0, 0.05) is 25.2 Å². The van der Waals surface area contributed by atoms with Crippen molar-refractivity contribution in [3.63, 3.8) is 0 Å². The van der Waals surface area contributed by atoms with Gasteiger partial charge in [0.05, 0.1) is 23.4 Å². The minimum Gasteiger partial charge on any atom is -0.335 e. The van der Waals surface area contributed by atoms with Gasteiger partial charge in [0.15, 0.2) is 0 Å². The summed E-state index contributed by atoms with van der Waals surface area (Å²) in [5, 5.41) is 0.521. The van der Waals surface area contributed by atoms with E-state index in [4.69, 9.17) is 0 Å². The summed E-state index contributed by atoms with van der Waals surface area (Å²) < 4.78 is 0. The molecular formula is C24H26N4O3. The number of carbonyl (C=O) groups is 2. The lowest BCUT2D eigenvalue weighted by Crippen LogP contribution is -2.37. The Bertz CT molecular complexity index is 1190. The van der Waals surface area contributed by atoms with Gasteiger partial charge in [-0.25, -0.2) is 4.98 Å². The molecule has 2 heterocycles. The molecule has 1 aliphatic rings. The van der Waals surface area contributed by atoms with Gasteiger partial charge >= 0.3 is 0 Å². The molecule has 2 amide bonds. The fraction of sp³-hybridized carbons (Fsp3) is 0.333. The van der Waals surface area contributed by atoms with Crippen LogP contribution in [0.5, 0.6) is 0 Å². The number of nitrogens with one attached hydrogen (secondary N) is 1. The SMILES string of the molecule is CCc1ccccc1N1CC(C(=O)N(CC)Cc2nc3ccccc3c(=O)[nH]2)CC1=O. The average Bonchev–Trinajstić information content (AvgIpc) is 3.18. The Hall–Kier alpha value is -3.48. The smallest absolute Gasteiger partial charge is 0.258 e. The predicted octanol–water partition coefficient (Wildman–Crippen LogP) is 2.89. The Morgan fingerprint density at radius 1 is 1.13 bits per heavy atom. The van der Waals surface area contributed by atoms with Gasteiger partial charge in [-0.15, -0.1) is 0 Å². The fourth-order valence-corrected chi connectivity index (χ4v) is 4.17. The van der Waals surface area contributed by atoms with Crippen molar-refractivity contribution in [2.45, 2.75) is 33.2 Å². The van der Waals surface area contributed by atoms with E-state index in [0.29, 0.717) is 29.8 Å². The molecule has 7 nitrogen and oxygen atoms in total. The molecule has 0 saturated carbocycles. The molecule has 2 aromatic carbocycles.